The number of nitrogens with two attached hydrogens (primary N) is 1. The van der Waals surface area contributed by atoms with Gasteiger partial charge in [0.15, 0.2) is 17.3 Å². The lowest BCUT2D eigenvalue weighted by Gasteiger charge is -2.18. The lowest BCUT2D eigenvalue weighted by atomic mass is 10.1. The lowest BCUT2D eigenvalue weighted by molar-refractivity contribution is 0.129. The molecule has 0 atom stereocenters. The second-order valence-corrected chi connectivity index (χ2v) is 5.19. The van der Waals surface area contributed by atoms with E-state index in [1.807, 2.05) is 18.2 Å². The van der Waals surface area contributed by atoms with Gasteiger partial charge in [-0.3, -0.25) is 0 Å². The number of amidine groups is 1. The monoisotopic (exact) mass is 316 g/mol. The van der Waals surface area contributed by atoms with E-state index in [4.69, 9.17) is 20.0 Å². The number of benzene rings is 2. The first-order chi connectivity index (χ1) is 11.1. The summed E-state index contributed by atoms with van der Waals surface area (Å²) < 4.78 is 24.5. The SMILES string of the molecule is Cc1ccc(/C(N)=N/OCc2ccc3c(c2)OCCO3)cc1F. The minimum Gasteiger partial charge on any atom is -0.486 e. The van der Waals surface area contributed by atoms with Crippen LogP contribution in [-0.2, 0) is 11.4 Å². The van der Waals surface area contributed by atoms with E-state index in [2.05, 4.69) is 5.16 Å². The zero-order valence-corrected chi connectivity index (χ0v) is 12.7. The molecule has 6 heteroatoms. The highest BCUT2D eigenvalue weighted by molar-refractivity contribution is 5.97. The molecule has 2 aromatic rings. The first-order valence-corrected chi connectivity index (χ1v) is 7.24. The zero-order chi connectivity index (χ0) is 16.2. The van der Waals surface area contributed by atoms with Gasteiger partial charge in [0.1, 0.15) is 25.6 Å². The summed E-state index contributed by atoms with van der Waals surface area (Å²) in [6, 6.07) is 10.2. The fraction of sp³-hybridized carbons (Fsp3) is 0.235. The average molecular weight is 316 g/mol. The Morgan fingerprint density at radius 2 is 1.96 bits per heavy atom. The summed E-state index contributed by atoms with van der Waals surface area (Å²) in [5.74, 6) is 1.21. The molecule has 1 heterocycles. The van der Waals surface area contributed by atoms with Crippen LogP contribution in [0.4, 0.5) is 4.39 Å². The van der Waals surface area contributed by atoms with Gasteiger partial charge in [-0.2, -0.15) is 0 Å². The molecule has 120 valence electrons. The fourth-order valence-corrected chi connectivity index (χ4v) is 2.16. The van der Waals surface area contributed by atoms with Crippen LogP contribution in [0, 0.1) is 12.7 Å². The molecule has 1 aliphatic heterocycles. The molecule has 0 unspecified atom stereocenters. The van der Waals surface area contributed by atoms with Crippen LogP contribution in [0.5, 0.6) is 11.5 Å². The molecule has 23 heavy (non-hydrogen) atoms. The molecule has 0 aromatic heterocycles. The smallest absolute Gasteiger partial charge is 0.170 e. The molecule has 1 aliphatic rings. The lowest BCUT2D eigenvalue weighted by Crippen LogP contribution is -2.15. The van der Waals surface area contributed by atoms with Crippen molar-refractivity contribution in [1.82, 2.24) is 0 Å². The van der Waals surface area contributed by atoms with Crippen molar-refractivity contribution >= 4 is 5.84 Å². The van der Waals surface area contributed by atoms with Crippen molar-refractivity contribution in [3.63, 3.8) is 0 Å². The van der Waals surface area contributed by atoms with Gasteiger partial charge < -0.3 is 20.0 Å². The molecular formula is C17H17FN2O3. The number of nitrogens with zero attached hydrogens (tertiary/aromatic N) is 1. The van der Waals surface area contributed by atoms with Crippen molar-refractivity contribution < 1.29 is 18.7 Å². The molecule has 0 bridgehead atoms. The second-order valence-electron chi connectivity index (χ2n) is 5.19. The van der Waals surface area contributed by atoms with Crippen LogP contribution in [0.15, 0.2) is 41.6 Å². The molecule has 0 amide bonds. The Hall–Kier alpha value is -2.76. The predicted octanol–water partition coefficient (Wildman–Crippen LogP) is 2.74. The van der Waals surface area contributed by atoms with Crippen LogP contribution >= 0.6 is 0 Å². The Bertz CT molecular complexity index is 747. The molecule has 0 fully saturated rings. The summed E-state index contributed by atoms with van der Waals surface area (Å²) in [4.78, 5) is 5.24. The highest BCUT2D eigenvalue weighted by Gasteiger charge is 2.11. The van der Waals surface area contributed by atoms with Crippen LogP contribution in [0.2, 0.25) is 0 Å². The number of rotatable bonds is 4. The molecule has 2 N–H and O–H groups in total. The molecule has 0 saturated heterocycles. The maximum atomic E-state index is 13.5. The summed E-state index contributed by atoms with van der Waals surface area (Å²) in [6.07, 6.45) is 0. The maximum absolute atomic E-state index is 13.5. The minimum atomic E-state index is -0.326. The number of oxime groups is 1. The second kappa shape index (κ2) is 6.56. The predicted molar refractivity (Wildman–Crippen MR) is 84.1 cm³/mol. The van der Waals surface area contributed by atoms with Crippen LogP contribution in [0.25, 0.3) is 0 Å². The number of hydrogen-bond acceptors (Lipinski definition) is 4. The van der Waals surface area contributed by atoms with E-state index in [-0.39, 0.29) is 18.3 Å². The molecule has 0 aliphatic carbocycles. The summed E-state index contributed by atoms with van der Waals surface area (Å²) in [7, 11) is 0. The van der Waals surface area contributed by atoms with E-state index in [0.717, 1.165) is 11.3 Å². The molecule has 3 rings (SSSR count). The Balaban J connectivity index is 1.64. The van der Waals surface area contributed by atoms with E-state index in [1.54, 1.807) is 19.1 Å². The van der Waals surface area contributed by atoms with Gasteiger partial charge >= 0.3 is 0 Å². The number of aryl methyl sites for hydroxylation is 1. The third-order valence-corrected chi connectivity index (χ3v) is 3.47. The summed E-state index contributed by atoms with van der Waals surface area (Å²) in [5, 5.41) is 3.83. The largest absolute Gasteiger partial charge is 0.486 e. The Morgan fingerprint density at radius 1 is 1.17 bits per heavy atom. The summed E-state index contributed by atoms with van der Waals surface area (Å²) in [6.45, 7) is 2.99. The molecule has 0 radical (unpaired) electrons. The number of fused-ring (bicyclic) bond motifs is 1. The number of halogens is 1. The third-order valence-electron chi connectivity index (χ3n) is 3.47. The number of ether oxygens (including phenoxy) is 2. The molecule has 0 spiro atoms. The van der Waals surface area contributed by atoms with Crippen LogP contribution < -0.4 is 15.2 Å². The Morgan fingerprint density at radius 3 is 2.74 bits per heavy atom. The highest BCUT2D eigenvalue weighted by atomic mass is 19.1. The van der Waals surface area contributed by atoms with E-state index < -0.39 is 0 Å². The normalized spacial score (nSPS) is 13.7. The van der Waals surface area contributed by atoms with Gasteiger partial charge in [-0.1, -0.05) is 23.4 Å². The van der Waals surface area contributed by atoms with Gasteiger partial charge in [0, 0.05) is 5.56 Å². The first kappa shape index (κ1) is 15.1. The van der Waals surface area contributed by atoms with Crippen molar-refractivity contribution in [1.29, 1.82) is 0 Å². The van der Waals surface area contributed by atoms with Crippen molar-refractivity contribution in [2.24, 2.45) is 10.9 Å². The minimum absolute atomic E-state index is 0.126. The molecule has 5 nitrogen and oxygen atoms in total. The highest BCUT2D eigenvalue weighted by Crippen LogP contribution is 2.30. The van der Waals surface area contributed by atoms with E-state index in [1.165, 1.54) is 6.07 Å². The van der Waals surface area contributed by atoms with Gasteiger partial charge in [-0.05, 0) is 36.2 Å². The van der Waals surface area contributed by atoms with Gasteiger partial charge in [0.2, 0.25) is 0 Å². The van der Waals surface area contributed by atoms with Gasteiger partial charge in [0.25, 0.3) is 0 Å². The van der Waals surface area contributed by atoms with E-state index in [9.17, 15) is 4.39 Å². The summed E-state index contributed by atoms with van der Waals surface area (Å²) >= 11 is 0. The average Bonchev–Trinajstić information content (AvgIpc) is 2.57. The van der Waals surface area contributed by atoms with Crippen molar-refractivity contribution in [3.05, 3.63) is 58.9 Å². The summed E-state index contributed by atoms with van der Waals surface area (Å²) in [5.41, 5.74) is 7.71. The molecule has 0 saturated carbocycles. The topological polar surface area (TPSA) is 66.1 Å². The Labute approximate surface area is 133 Å². The van der Waals surface area contributed by atoms with Crippen molar-refractivity contribution in [2.75, 3.05) is 13.2 Å². The van der Waals surface area contributed by atoms with Gasteiger partial charge in [-0.25, -0.2) is 4.39 Å². The van der Waals surface area contributed by atoms with Crippen molar-refractivity contribution in [2.45, 2.75) is 13.5 Å². The zero-order valence-electron chi connectivity index (χ0n) is 12.7. The van der Waals surface area contributed by atoms with E-state index in [0.29, 0.717) is 30.1 Å². The van der Waals surface area contributed by atoms with Crippen LogP contribution in [0.1, 0.15) is 16.7 Å². The fourth-order valence-electron chi connectivity index (χ4n) is 2.16. The molecular weight excluding hydrogens is 299 g/mol. The molecule has 2 aromatic carbocycles. The van der Waals surface area contributed by atoms with Gasteiger partial charge in [-0.15, -0.1) is 0 Å². The van der Waals surface area contributed by atoms with E-state index >= 15 is 0 Å². The van der Waals surface area contributed by atoms with Crippen molar-refractivity contribution in [3.8, 4) is 11.5 Å². The van der Waals surface area contributed by atoms with Crippen LogP contribution in [-0.4, -0.2) is 19.0 Å². The third kappa shape index (κ3) is 3.53. The first-order valence-electron chi connectivity index (χ1n) is 7.24. The quantitative estimate of drug-likeness (QED) is 0.535. The number of hydrogen-bond donors (Lipinski definition) is 1. The maximum Gasteiger partial charge on any atom is 0.170 e. The van der Waals surface area contributed by atoms with Gasteiger partial charge in [0.05, 0.1) is 0 Å². The van der Waals surface area contributed by atoms with Crippen LogP contribution in [0.3, 0.4) is 0 Å². The Kier molecular flexibility index (Phi) is 4.32. The standard InChI is InChI=1S/C17H17FN2O3/c1-11-2-4-13(9-14(11)18)17(19)20-23-10-12-3-5-15-16(8-12)22-7-6-21-15/h2-5,8-9H,6-7,10H2,1H3,(H2,19,20).